The molecule has 110 valence electrons. The molecule has 0 saturated heterocycles. The van der Waals surface area contributed by atoms with E-state index < -0.39 is 18.0 Å². The van der Waals surface area contributed by atoms with Crippen molar-refractivity contribution in [2.24, 2.45) is 5.92 Å². The fourth-order valence-electron chi connectivity index (χ4n) is 1.28. The first-order valence-electron chi connectivity index (χ1n) is 6.34. The van der Waals surface area contributed by atoms with E-state index in [2.05, 4.69) is 16.0 Å². The van der Waals surface area contributed by atoms with E-state index in [1.165, 1.54) is 0 Å². The number of carboxylic acid groups (broad SMARTS) is 1. The molecule has 0 heterocycles. The van der Waals surface area contributed by atoms with Crippen LogP contribution in [0.2, 0.25) is 0 Å². The Kier molecular flexibility index (Phi) is 8.32. The summed E-state index contributed by atoms with van der Waals surface area (Å²) in [6.07, 6.45) is 0.0652. The first-order valence-corrected chi connectivity index (χ1v) is 6.34. The Morgan fingerprint density at radius 2 is 1.74 bits per heavy atom. The molecule has 0 bridgehead atoms. The molecule has 7 nitrogen and oxygen atoms in total. The first kappa shape index (κ1) is 17.2. The normalized spacial score (nSPS) is 11.8. The third-order valence-electron chi connectivity index (χ3n) is 2.20. The van der Waals surface area contributed by atoms with Crippen molar-refractivity contribution in [1.29, 1.82) is 0 Å². The quantitative estimate of drug-likeness (QED) is 0.510. The highest BCUT2D eigenvalue weighted by atomic mass is 16.4. The highest BCUT2D eigenvalue weighted by Gasteiger charge is 2.10. The van der Waals surface area contributed by atoms with Gasteiger partial charge >= 0.3 is 12.0 Å². The summed E-state index contributed by atoms with van der Waals surface area (Å²) in [7, 11) is 0. The largest absolute Gasteiger partial charge is 0.481 e. The molecule has 0 aromatic heterocycles. The summed E-state index contributed by atoms with van der Waals surface area (Å²) in [5, 5.41) is 16.2. The third kappa shape index (κ3) is 11.1. The molecule has 4 N–H and O–H groups in total. The number of amides is 3. The van der Waals surface area contributed by atoms with Gasteiger partial charge in [-0.25, -0.2) is 4.79 Å². The van der Waals surface area contributed by atoms with Crippen LogP contribution in [0.15, 0.2) is 0 Å². The zero-order valence-electron chi connectivity index (χ0n) is 11.7. The summed E-state index contributed by atoms with van der Waals surface area (Å²) in [6, 6.07) is -0.919. The summed E-state index contributed by atoms with van der Waals surface area (Å²) in [6.45, 7) is 6.42. The van der Waals surface area contributed by atoms with Crippen molar-refractivity contribution in [2.75, 3.05) is 13.1 Å². The van der Waals surface area contributed by atoms with Crippen molar-refractivity contribution < 1.29 is 19.5 Å². The number of rotatable bonds is 8. The summed E-state index contributed by atoms with van der Waals surface area (Å²) in [5.41, 5.74) is 0. The van der Waals surface area contributed by atoms with Crippen LogP contribution in [0.3, 0.4) is 0 Å². The molecule has 0 aliphatic carbocycles. The van der Waals surface area contributed by atoms with Gasteiger partial charge in [0.25, 0.3) is 0 Å². The van der Waals surface area contributed by atoms with Crippen molar-refractivity contribution in [2.45, 2.75) is 39.7 Å². The number of carboxylic acids is 1. The van der Waals surface area contributed by atoms with Crippen LogP contribution >= 0.6 is 0 Å². The van der Waals surface area contributed by atoms with Crippen LogP contribution in [0, 0.1) is 5.92 Å². The lowest BCUT2D eigenvalue weighted by molar-refractivity contribution is -0.137. The lowest BCUT2D eigenvalue weighted by Crippen LogP contribution is -2.42. The number of carbonyl (C=O) groups is 3. The maximum atomic E-state index is 11.3. The van der Waals surface area contributed by atoms with Gasteiger partial charge in [0, 0.05) is 25.6 Å². The molecule has 7 heteroatoms. The Bertz CT molecular complexity index is 318. The second-order valence-corrected chi connectivity index (χ2v) is 4.85. The standard InChI is InChI=1S/C12H23N3O4/c1-8(2)7-14-10(16)4-5-13-12(19)15-9(3)6-11(17)18/h8-9H,4-7H2,1-3H3,(H,14,16)(H,17,18)(H2,13,15,19). The number of nitrogens with one attached hydrogen (secondary N) is 3. The summed E-state index contributed by atoms with van der Waals surface area (Å²) >= 11 is 0. The van der Waals surface area contributed by atoms with E-state index in [9.17, 15) is 14.4 Å². The molecule has 0 saturated carbocycles. The van der Waals surface area contributed by atoms with Gasteiger partial charge < -0.3 is 21.1 Å². The zero-order valence-corrected chi connectivity index (χ0v) is 11.7. The van der Waals surface area contributed by atoms with Crippen LogP contribution in [0.25, 0.3) is 0 Å². The fourth-order valence-corrected chi connectivity index (χ4v) is 1.28. The van der Waals surface area contributed by atoms with Crippen LogP contribution in [0.5, 0.6) is 0 Å². The average molecular weight is 273 g/mol. The third-order valence-corrected chi connectivity index (χ3v) is 2.20. The van der Waals surface area contributed by atoms with Gasteiger partial charge in [-0.3, -0.25) is 9.59 Å². The van der Waals surface area contributed by atoms with Crippen molar-refractivity contribution in [3.63, 3.8) is 0 Å². The van der Waals surface area contributed by atoms with Gasteiger partial charge in [-0.05, 0) is 12.8 Å². The van der Waals surface area contributed by atoms with E-state index in [0.717, 1.165) is 0 Å². The van der Waals surface area contributed by atoms with Crippen molar-refractivity contribution >= 4 is 17.9 Å². The van der Waals surface area contributed by atoms with Crippen molar-refractivity contribution in [1.82, 2.24) is 16.0 Å². The Morgan fingerprint density at radius 3 is 2.26 bits per heavy atom. The minimum Gasteiger partial charge on any atom is -0.481 e. The molecule has 19 heavy (non-hydrogen) atoms. The van der Waals surface area contributed by atoms with Crippen LogP contribution in [-0.2, 0) is 9.59 Å². The highest BCUT2D eigenvalue weighted by Crippen LogP contribution is 1.90. The lowest BCUT2D eigenvalue weighted by Gasteiger charge is -2.12. The second kappa shape index (κ2) is 9.18. The number of aliphatic carboxylic acids is 1. The molecule has 0 aromatic carbocycles. The Balaban J connectivity index is 3.68. The van der Waals surface area contributed by atoms with Crippen molar-refractivity contribution in [3.8, 4) is 0 Å². The fraction of sp³-hybridized carbons (Fsp3) is 0.750. The van der Waals surface area contributed by atoms with Gasteiger partial charge in [0.15, 0.2) is 0 Å². The molecule has 0 rings (SSSR count). The maximum absolute atomic E-state index is 11.3. The van der Waals surface area contributed by atoms with Gasteiger partial charge in [-0.1, -0.05) is 13.8 Å². The van der Waals surface area contributed by atoms with Crippen LogP contribution in [-0.4, -0.2) is 42.1 Å². The minimum atomic E-state index is -0.971. The average Bonchev–Trinajstić information content (AvgIpc) is 2.24. The van der Waals surface area contributed by atoms with Gasteiger partial charge in [-0.2, -0.15) is 0 Å². The number of hydrogen-bond acceptors (Lipinski definition) is 3. The predicted octanol–water partition coefficient (Wildman–Crippen LogP) is 0.311. The molecule has 1 unspecified atom stereocenters. The van der Waals surface area contributed by atoms with E-state index in [1.807, 2.05) is 13.8 Å². The first-order chi connectivity index (χ1) is 8.81. The molecule has 3 amide bonds. The van der Waals surface area contributed by atoms with E-state index >= 15 is 0 Å². The predicted molar refractivity (Wildman–Crippen MR) is 70.7 cm³/mol. The molecule has 0 aromatic rings. The molecule has 0 fully saturated rings. The van der Waals surface area contributed by atoms with Gasteiger partial charge in [0.1, 0.15) is 0 Å². The smallest absolute Gasteiger partial charge is 0.315 e. The van der Waals surface area contributed by atoms with Gasteiger partial charge in [0.2, 0.25) is 5.91 Å². The molecular weight excluding hydrogens is 250 g/mol. The summed E-state index contributed by atoms with van der Waals surface area (Å²) in [5.74, 6) is -0.703. The van der Waals surface area contributed by atoms with E-state index in [-0.39, 0.29) is 25.3 Å². The maximum Gasteiger partial charge on any atom is 0.315 e. The van der Waals surface area contributed by atoms with Gasteiger partial charge in [0.05, 0.1) is 6.42 Å². The number of urea groups is 1. The van der Waals surface area contributed by atoms with E-state index in [4.69, 9.17) is 5.11 Å². The molecule has 0 aliphatic heterocycles. The monoisotopic (exact) mass is 273 g/mol. The summed E-state index contributed by atoms with van der Waals surface area (Å²) in [4.78, 5) is 33.1. The molecule has 1 atom stereocenters. The summed E-state index contributed by atoms with van der Waals surface area (Å²) < 4.78 is 0. The lowest BCUT2D eigenvalue weighted by atomic mass is 10.2. The van der Waals surface area contributed by atoms with Crippen molar-refractivity contribution in [3.05, 3.63) is 0 Å². The molecule has 0 aliphatic rings. The van der Waals surface area contributed by atoms with Gasteiger partial charge in [-0.15, -0.1) is 0 Å². The molecule has 0 radical (unpaired) electrons. The Labute approximate surface area is 113 Å². The number of hydrogen-bond donors (Lipinski definition) is 4. The van der Waals surface area contributed by atoms with E-state index in [1.54, 1.807) is 6.92 Å². The van der Waals surface area contributed by atoms with Crippen LogP contribution in [0.1, 0.15) is 33.6 Å². The SMILES string of the molecule is CC(C)CNC(=O)CCNC(=O)NC(C)CC(=O)O. The molecule has 0 spiro atoms. The Morgan fingerprint density at radius 1 is 1.11 bits per heavy atom. The van der Waals surface area contributed by atoms with Crippen LogP contribution in [0.4, 0.5) is 4.79 Å². The molecular formula is C12H23N3O4. The highest BCUT2D eigenvalue weighted by molar-refractivity contribution is 5.78. The second-order valence-electron chi connectivity index (χ2n) is 4.85. The minimum absolute atomic E-state index is 0.118. The Hall–Kier alpha value is -1.79. The number of carbonyl (C=O) groups excluding carboxylic acids is 2. The zero-order chi connectivity index (χ0) is 14.8. The topological polar surface area (TPSA) is 108 Å². The van der Waals surface area contributed by atoms with Crippen LogP contribution < -0.4 is 16.0 Å². The van der Waals surface area contributed by atoms with E-state index in [0.29, 0.717) is 12.5 Å².